The van der Waals surface area contributed by atoms with Crippen molar-refractivity contribution in [3.63, 3.8) is 0 Å². The summed E-state index contributed by atoms with van der Waals surface area (Å²) in [5, 5.41) is 8.97. The fourth-order valence-corrected chi connectivity index (χ4v) is 1.53. The lowest BCUT2D eigenvalue weighted by Crippen LogP contribution is -2.14. The van der Waals surface area contributed by atoms with E-state index in [0.29, 0.717) is 11.5 Å². The van der Waals surface area contributed by atoms with Crippen molar-refractivity contribution < 1.29 is 19.4 Å². The fourth-order valence-electron chi connectivity index (χ4n) is 1.53. The summed E-state index contributed by atoms with van der Waals surface area (Å²) in [5.41, 5.74) is 0.172. The molecular formula is C13H18O4. The molecule has 1 rings (SSSR count). The molecule has 0 aliphatic carbocycles. The Morgan fingerprint density at radius 3 is 2.29 bits per heavy atom. The number of hydrogen-bond acceptors (Lipinski definition) is 3. The van der Waals surface area contributed by atoms with Gasteiger partial charge in [0.05, 0.1) is 18.8 Å². The molecule has 0 spiro atoms. The highest BCUT2D eigenvalue weighted by atomic mass is 16.5. The van der Waals surface area contributed by atoms with Gasteiger partial charge >= 0.3 is 5.97 Å². The van der Waals surface area contributed by atoms with Gasteiger partial charge in [-0.05, 0) is 25.0 Å². The van der Waals surface area contributed by atoms with Gasteiger partial charge in [-0.15, -0.1) is 0 Å². The standard InChI is InChI=1S/C13H18O4/c1-4-10(5-2)17-12-7-9(13(14)15)6-11(8-12)16-3/h6-8,10H,4-5H2,1-3H3,(H,14,15). The molecule has 1 N–H and O–H groups in total. The predicted octanol–water partition coefficient (Wildman–Crippen LogP) is 2.96. The molecule has 0 fully saturated rings. The number of rotatable bonds is 6. The minimum absolute atomic E-state index is 0.101. The maximum absolute atomic E-state index is 10.9. The Bertz CT molecular complexity index is 383. The van der Waals surface area contributed by atoms with Crippen LogP contribution >= 0.6 is 0 Å². The van der Waals surface area contributed by atoms with Crippen LogP contribution in [0.15, 0.2) is 18.2 Å². The first-order chi connectivity index (χ1) is 8.10. The first kappa shape index (κ1) is 13.4. The topological polar surface area (TPSA) is 55.8 Å². The summed E-state index contributed by atoms with van der Waals surface area (Å²) in [5.74, 6) is 0.0413. The van der Waals surface area contributed by atoms with E-state index in [2.05, 4.69) is 0 Å². The third kappa shape index (κ3) is 3.66. The van der Waals surface area contributed by atoms with Gasteiger partial charge in [0.25, 0.3) is 0 Å². The molecule has 0 bridgehead atoms. The van der Waals surface area contributed by atoms with Crippen molar-refractivity contribution in [1.29, 1.82) is 0 Å². The predicted molar refractivity (Wildman–Crippen MR) is 65.0 cm³/mol. The van der Waals surface area contributed by atoms with E-state index in [0.717, 1.165) is 12.8 Å². The molecule has 0 heterocycles. The van der Waals surface area contributed by atoms with E-state index in [4.69, 9.17) is 14.6 Å². The number of ether oxygens (including phenoxy) is 2. The minimum atomic E-state index is -0.988. The van der Waals surface area contributed by atoms with Crippen molar-refractivity contribution in [1.82, 2.24) is 0 Å². The Morgan fingerprint density at radius 2 is 1.82 bits per heavy atom. The quantitative estimate of drug-likeness (QED) is 0.827. The Morgan fingerprint density at radius 1 is 1.24 bits per heavy atom. The number of methoxy groups -OCH3 is 1. The Balaban J connectivity index is 2.98. The van der Waals surface area contributed by atoms with E-state index in [-0.39, 0.29) is 11.7 Å². The molecule has 0 saturated heterocycles. The highest BCUT2D eigenvalue weighted by Gasteiger charge is 2.11. The van der Waals surface area contributed by atoms with Crippen molar-refractivity contribution in [2.75, 3.05) is 7.11 Å². The molecule has 0 aliphatic heterocycles. The van der Waals surface area contributed by atoms with Crippen LogP contribution in [-0.2, 0) is 0 Å². The number of aromatic carboxylic acids is 1. The Labute approximate surface area is 101 Å². The molecule has 0 atom stereocenters. The molecule has 0 saturated carbocycles. The van der Waals surface area contributed by atoms with Crippen LogP contribution in [0.5, 0.6) is 11.5 Å². The highest BCUT2D eigenvalue weighted by molar-refractivity contribution is 5.88. The van der Waals surface area contributed by atoms with Gasteiger partial charge in [-0.2, -0.15) is 0 Å². The van der Waals surface area contributed by atoms with Gasteiger partial charge in [-0.1, -0.05) is 13.8 Å². The molecule has 94 valence electrons. The normalized spacial score (nSPS) is 10.4. The van der Waals surface area contributed by atoms with Gasteiger partial charge in [0.15, 0.2) is 0 Å². The highest BCUT2D eigenvalue weighted by Crippen LogP contribution is 2.24. The third-order valence-electron chi connectivity index (χ3n) is 2.58. The van der Waals surface area contributed by atoms with E-state index in [1.165, 1.54) is 19.2 Å². The first-order valence-electron chi connectivity index (χ1n) is 5.69. The van der Waals surface area contributed by atoms with Gasteiger partial charge in [-0.3, -0.25) is 0 Å². The maximum Gasteiger partial charge on any atom is 0.335 e. The van der Waals surface area contributed by atoms with E-state index in [1.807, 2.05) is 13.8 Å². The molecular weight excluding hydrogens is 220 g/mol. The molecule has 0 radical (unpaired) electrons. The molecule has 4 heteroatoms. The monoisotopic (exact) mass is 238 g/mol. The van der Waals surface area contributed by atoms with Crippen LogP contribution in [0.25, 0.3) is 0 Å². The maximum atomic E-state index is 10.9. The molecule has 4 nitrogen and oxygen atoms in total. The van der Waals surface area contributed by atoms with Gasteiger partial charge in [-0.25, -0.2) is 4.79 Å². The van der Waals surface area contributed by atoms with Crippen LogP contribution in [0.4, 0.5) is 0 Å². The lowest BCUT2D eigenvalue weighted by Gasteiger charge is -2.16. The van der Waals surface area contributed by atoms with Gasteiger partial charge in [0, 0.05) is 6.07 Å². The van der Waals surface area contributed by atoms with E-state index < -0.39 is 5.97 Å². The second kappa shape index (κ2) is 6.13. The summed E-state index contributed by atoms with van der Waals surface area (Å²) in [6.45, 7) is 4.07. The van der Waals surface area contributed by atoms with Crippen LogP contribution in [-0.4, -0.2) is 24.3 Å². The zero-order valence-corrected chi connectivity index (χ0v) is 10.4. The van der Waals surface area contributed by atoms with E-state index >= 15 is 0 Å². The second-order valence-electron chi connectivity index (χ2n) is 3.76. The van der Waals surface area contributed by atoms with Gasteiger partial charge in [0.1, 0.15) is 11.5 Å². The number of benzene rings is 1. The molecule has 1 aromatic rings. The average Bonchev–Trinajstić information content (AvgIpc) is 2.35. The number of hydrogen-bond donors (Lipinski definition) is 1. The summed E-state index contributed by atoms with van der Waals surface area (Å²) < 4.78 is 10.8. The lowest BCUT2D eigenvalue weighted by atomic mass is 10.2. The van der Waals surface area contributed by atoms with Crippen LogP contribution < -0.4 is 9.47 Å². The summed E-state index contributed by atoms with van der Waals surface area (Å²) in [4.78, 5) is 10.9. The number of carboxylic acids is 1. The van der Waals surface area contributed by atoms with Gasteiger partial charge < -0.3 is 14.6 Å². The van der Waals surface area contributed by atoms with Crippen molar-refractivity contribution >= 4 is 5.97 Å². The molecule has 17 heavy (non-hydrogen) atoms. The largest absolute Gasteiger partial charge is 0.497 e. The van der Waals surface area contributed by atoms with Crippen molar-refractivity contribution in [3.05, 3.63) is 23.8 Å². The smallest absolute Gasteiger partial charge is 0.335 e. The zero-order chi connectivity index (χ0) is 12.8. The SMILES string of the molecule is CCC(CC)Oc1cc(OC)cc(C(=O)O)c1. The van der Waals surface area contributed by atoms with Crippen molar-refractivity contribution in [2.24, 2.45) is 0 Å². The van der Waals surface area contributed by atoms with Crippen LogP contribution in [0.3, 0.4) is 0 Å². The third-order valence-corrected chi connectivity index (χ3v) is 2.58. The molecule has 0 unspecified atom stereocenters. The molecule has 0 amide bonds. The lowest BCUT2D eigenvalue weighted by molar-refractivity contribution is 0.0695. The summed E-state index contributed by atoms with van der Waals surface area (Å²) in [6, 6.07) is 4.69. The van der Waals surface area contributed by atoms with Gasteiger partial charge in [0.2, 0.25) is 0 Å². The average molecular weight is 238 g/mol. The van der Waals surface area contributed by atoms with E-state index in [1.54, 1.807) is 6.07 Å². The van der Waals surface area contributed by atoms with Crippen LogP contribution in [0, 0.1) is 0 Å². The minimum Gasteiger partial charge on any atom is -0.497 e. The van der Waals surface area contributed by atoms with E-state index in [9.17, 15) is 4.79 Å². The van der Waals surface area contributed by atoms with Crippen molar-refractivity contribution in [3.8, 4) is 11.5 Å². The number of carbonyl (C=O) groups is 1. The molecule has 0 aliphatic rings. The Kier molecular flexibility index (Phi) is 4.82. The number of carboxylic acid groups (broad SMARTS) is 1. The Hall–Kier alpha value is -1.71. The molecule has 1 aromatic carbocycles. The summed E-state index contributed by atoms with van der Waals surface area (Å²) >= 11 is 0. The fraction of sp³-hybridized carbons (Fsp3) is 0.462. The molecule has 0 aromatic heterocycles. The first-order valence-corrected chi connectivity index (χ1v) is 5.69. The second-order valence-corrected chi connectivity index (χ2v) is 3.76. The van der Waals surface area contributed by atoms with Crippen LogP contribution in [0.1, 0.15) is 37.0 Å². The summed E-state index contributed by atoms with van der Waals surface area (Å²) in [6.07, 6.45) is 1.87. The zero-order valence-electron chi connectivity index (χ0n) is 10.4. The van der Waals surface area contributed by atoms with Crippen molar-refractivity contribution in [2.45, 2.75) is 32.8 Å². The summed E-state index contributed by atoms with van der Waals surface area (Å²) in [7, 11) is 1.50. The van der Waals surface area contributed by atoms with Crippen LogP contribution in [0.2, 0.25) is 0 Å².